The number of hydrogen-bond acceptors (Lipinski definition) is 3. The van der Waals surface area contributed by atoms with Crippen LogP contribution in [0, 0.1) is 0 Å². The molecular weight excluding hydrogens is 202 g/mol. The summed E-state index contributed by atoms with van der Waals surface area (Å²) in [4.78, 5) is 13.6. The summed E-state index contributed by atoms with van der Waals surface area (Å²) >= 11 is 0. The van der Waals surface area contributed by atoms with Gasteiger partial charge >= 0.3 is 0 Å². The van der Waals surface area contributed by atoms with E-state index in [1.165, 1.54) is 0 Å². The monoisotopic (exact) mass is 227 g/mol. The molecular formula is C12H25N3O. The van der Waals surface area contributed by atoms with Crippen molar-refractivity contribution in [3.05, 3.63) is 0 Å². The van der Waals surface area contributed by atoms with Crippen molar-refractivity contribution < 1.29 is 4.79 Å². The minimum Gasteiger partial charge on any atom is -0.342 e. The molecule has 0 heterocycles. The third-order valence-corrected chi connectivity index (χ3v) is 3.43. The third-order valence-electron chi connectivity index (χ3n) is 3.43. The van der Waals surface area contributed by atoms with E-state index in [0.717, 1.165) is 38.8 Å². The summed E-state index contributed by atoms with van der Waals surface area (Å²) < 4.78 is 0. The first-order chi connectivity index (χ1) is 7.67. The highest BCUT2D eigenvalue weighted by atomic mass is 16.2. The van der Waals surface area contributed by atoms with Gasteiger partial charge in [0.25, 0.3) is 0 Å². The van der Waals surface area contributed by atoms with Gasteiger partial charge in [-0.25, -0.2) is 0 Å². The van der Waals surface area contributed by atoms with Crippen LogP contribution in [0.25, 0.3) is 0 Å². The lowest BCUT2D eigenvalue weighted by atomic mass is 9.92. The lowest BCUT2D eigenvalue weighted by molar-refractivity contribution is -0.130. The highest BCUT2D eigenvalue weighted by Crippen LogP contribution is 2.16. The van der Waals surface area contributed by atoms with E-state index in [1.807, 2.05) is 18.7 Å². The first kappa shape index (κ1) is 13.5. The molecule has 1 saturated carbocycles. The van der Waals surface area contributed by atoms with E-state index >= 15 is 0 Å². The summed E-state index contributed by atoms with van der Waals surface area (Å²) in [6, 6.07) is 0.857. The fourth-order valence-corrected chi connectivity index (χ4v) is 2.24. The number of carbonyl (C=O) groups excluding carboxylic acids is 1. The van der Waals surface area contributed by atoms with E-state index in [9.17, 15) is 4.79 Å². The highest BCUT2D eigenvalue weighted by Gasteiger charge is 2.19. The van der Waals surface area contributed by atoms with Crippen molar-refractivity contribution in [3.8, 4) is 0 Å². The molecule has 1 amide bonds. The van der Waals surface area contributed by atoms with Crippen LogP contribution in [0.3, 0.4) is 0 Å². The van der Waals surface area contributed by atoms with Crippen LogP contribution in [0.15, 0.2) is 0 Å². The minimum absolute atomic E-state index is 0.208. The Morgan fingerprint density at radius 3 is 2.31 bits per heavy atom. The zero-order chi connectivity index (χ0) is 12.0. The van der Waals surface area contributed by atoms with Gasteiger partial charge in [-0.1, -0.05) is 0 Å². The second-order valence-corrected chi connectivity index (χ2v) is 4.56. The number of nitrogens with two attached hydrogens (primary N) is 1. The van der Waals surface area contributed by atoms with E-state index in [0.29, 0.717) is 18.6 Å². The maximum Gasteiger partial charge on any atom is 0.236 e. The minimum atomic E-state index is 0.208. The Bertz CT molecular complexity index is 208. The molecule has 0 atom stereocenters. The van der Waals surface area contributed by atoms with Crippen molar-refractivity contribution in [1.82, 2.24) is 10.2 Å². The Balaban J connectivity index is 2.21. The van der Waals surface area contributed by atoms with Crippen LogP contribution in [0.4, 0.5) is 0 Å². The molecule has 4 nitrogen and oxygen atoms in total. The molecule has 0 spiro atoms. The van der Waals surface area contributed by atoms with Gasteiger partial charge in [-0.05, 0) is 39.5 Å². The average Bonchev–Trinajstić information content (AvgIpc) is 2.30. The van der Waals surface area contributed by atoms with Crippen LogP contribution >= 0.6 is 0 Å². The van der Waals surface area contributed by atoms with E-state index in [2.05, 4.69) is 5.32 Å². The number of hydrogen-bond donors (Lipinski definition) is 2. The Hall–Kier alpha value is -0.610. The third kappa shape index (κ3) is 4.10. The topological polar surface area (TPSA) is 58.4 Å². The Morgan fingerprint density at radius 1 is 1.25 bits per heavy atom. The van der Waals surface area contributed by atoms with Crippen molar-refractivity contribution in [3.63, 3.8) is 0 Å². The Morgan fingerprint density at radius 2 is 1.81 bits per heavy atom. The molecule has 1 aliphatic rings. The second kappa shape index (κ2) is 6.86. The summed E-state index contributed by atoms with van der Waals surface area (Å²) in [6.07, 6.45) is 4.37. The molecule has 0 aliphatic heterocycles. The van der Waals surface area contributed by atoms with Crippen molar-refractivity contribution in [2.45, 2.75) is 51.6 Å². The number of rotatable bonds is 5. The van der Waals surface area contributed by atoms with E-state index in [1.54, 1.807) is 0 Å². The van der Waals surface area contributed by atoms with E-state index in [4.69, 9.17) is 5.73 Å². The second-order valence-electron chi connectivity index (χ2n) is 4.56. The van der Waals surface area contributed by atoms with Crippen molar-refractivity contribution in [2.75, 3.05) is 19.6 Å². The van der Waals surface area contributed by atoms with Gasteiger partial charge in [0.1, 0.15) is 0 Å². The first-order valence-electron chi connectivity index (χ1n) is 6.44. The van der Waals surface area contributed by atoms with Gasteiger partial charge < -0.3 is 16.0 Å². The summed E-state index contributed by atoms with van der Waals surface area (Å²) in [5.74, 6) is 0.208. The summed E-state index contributed by atoms with van der Waals surface area (Å²) in [5.41, 5.74) is 5.84. The summed E-state index contributed by atoms with van der Waals surface area (Å²) in [6.45, 7) is 6.10. The van der Waals surface area contributed by atoms with Gasteiger partial charge in [-0.15, -0.1) is 0 Å². The summed E-state index contributed by atoms with van der Waals surface area (Å²) in [5, 5.41) is 3.34. The Kier molecular flexibility index (Phi) is 5.77. The predicted octanol–water partition coefficient (Wildman–Crippen LogP) is 0.714. The molecule has 1 aliphatic carbocycles. The Labute approximate surface area is 98.6 Å². The first-order valence-corrected chi connectivity index (χ1v) is 6.44. The van der Waals surface area contributed by atoms with Crippen molar-refractivity contribution in [2.24, 2.45) is 5.73 Å². The maximum atomic E-state index is 11.8. The van der Waals surface area contributed by atoms with Gasteiger partial charge in [0.2, 0.25) is 5.91 Å². The number of amides is 1. The molecule has 0 aromatic rings. The molecule has 0 aromatic carbocycles. The molecule has 0 aromatic heterocycles. The smallest absolute Gasteiger partial charge is 0.236 e. The zero-order valence-electron chi connectivity index (χ0n) is 10.5. The van der Waals surface area contributed by atoms with E-state index < -0.39 is 0 Å². The van der Waals surface area contributed by atoms with Crippen LogP contribution < -0.4 is 11.1 Å². The van der Waals surface area contributed by atoms with E-state index in [-0.39, 0.29) is 5.91 Å². The number of carbonyl (C=O) groups is 1. The standard InChI is InChI=1S/C12H25N3O/c1-3-15(4-2)12(16)9-14-11-7-5-10(13)6-8-11/h10-11,14H,3-9,13H2,1-2H3. The largest absolute Gasteiger partial charge is 0.342 e. The quantitative estimate of drug-likeness (QED) is 0.727. The van der Waals surface area contributed by atoms with Crippen molar-refractivity contribution >= 4 is 5.91 Å². The number of nitrogens with one attached hydrogen (secondary N) is 1. The molecule has 3 N–H and O–H groups in total. The molecule has 1 fully saturated rings. The lowest BCUT2D eigenvalue weighted by Crippen LogP contribution is -2.44. The van der Waals surface area contributed by atoms with Crippen LogP contribution in [0.1, 0.15) is 39.5 Å². The molecule has 0 radical (unpaired) electrons. The SMILES string of the molecule is CCN(CC)C(=O)CNC1CCC(N)CC1. The number of likely N-dealkylation sites (N-methyl/N-ethyl adjacent to an activating group) is 1. The average molecular weight is 227 g/mol. The summed E-state index contributed by atoms with van der Waals surface area (Å²) in [7, 11) is 0. The van der Waals surface area contributed by atoms with Crippen LogP contribution in [-0.4, -0.2) is 42.5 Å². The molecule has 0 unspecified atom stereocenters. The molecule has 16 heavy (non-hydrogen) atoms. The normalized spacial score (nSPS) is 25.4. The zero-order valence-corrected chi connectivity index (χ0v) is 10.5. The van der Waals surface area contributed by atoms with Gasteiger partial charge in [-0.3, -0.25) is 4.79 Å². The molecule has 1 rings (SSSR count). The molecule has 0 saturated heterocycles. The lowest BCUT2D eigenvalue weighted by Gasteiger charge is -2.27. The van der Waals surface area contributed by atoms with Crippen LogP contribution in [0.2, 0.25) is 0 Å². The number of nitrogens with zero attached hydrogens (tertiary/aromatic N) is 1. The van der Waals surface area contributed by atoms with Gasteiger partial charge in [0.05, 0.1) is 6.54 Å². The molecule has 94 valence electrons. The fourth-order valence-electron chi connectivity index (χ4n) is 2.24. The van der Waals surface area contributed by atoms with Gasteiger partial charge in [-0.2, -0.15) is 0 Å². The van der Waals surface area contributed by atoms with Crippen LogP contribution in [0.5, 0.6) is 0 Å². The predicted molar refractivity (Wildman–Crippen MR) is 66.2 cm³/mol. The van der Waals surface area contributed by atoms with Gasteiger partial charge in [0.15, 0.2) is 0 Å². The van der Waals surface area contributed by atoms with Crippen LogP contribution in [-0.2, 0) is 4.79 Å². The molecule has 4 heteroatoms. The molecule has 0 bridgehead atoms. The highest BCUT2D eigenvalue weighted by molar-refractivity contribution is 5.78. The van der Waals surface area contributed by atoms with Crippen molar-refractivity contribution in [1.29, 1.82) is 0 Å². The maximum absolute atomic E-state index is 11.8. The van der Waals surface area contributed by atoms with Gasteiger partial charge in [0, 0.05) is 25.2 Å². The fraction of sp³-hybridized carbons (Fsp3) is 0.917.